The SMILES string of the molecule is Cc1cc(C)nc(N2C[C@@H](O)[C@H](N3CCN(Cc4ccc(Cl)cc4)CC3)C2)n1. The third-order valence-electron chi connectivity index (χ3n) is 5.71. The molecule has 2 aliphatic heterocycles. The van der Waals surface area contributed by atoms with Gasteiger partial charge in [-0.25, -0.2) is 9.97 Å². The fourth-order valence-electron chi connectivity index (χ4n) is 4.24. The van der Waals surface area contributed by atoms with Crippen LogP contribution in [0.2, 0.25) is 5.02 Å². The van der Waals surface area contributed by atoms with Crippen LogP contribution in [0.25, 0.3) is 0 Å². The monoisotopic (exact) mass is 401 g/mol. The summed E-state index contributed by atoms with van der Waals surface area (Å²) >= 11 is 5.98. The lowest BCUT2D eigenvalue weighted by molar-refractivity contribution is 0.0424. The van der Waals surface area contributed by atoms with Crippen LogP contribution in [0.1, 0.15) is 17.0 Å². The molecule has 0 amide bonds. The molecule has 2 atom stereocenters. The van der Waals surface area contributed by atoms with E-state index in [1.165, 1.54) is 5.56 Å². The van der Waals surface area contributed by atoms with Gasteiger partial charge in [0.25, 0.3) is 0 Å². The van der Waals surface area contributed by atoms with Crippen LogP contribution in [0.15, 0.2) is 30.3 Å². The molecule has 0 spiro atoms. The first-order valence-corrected chi connectivity index (χ1v) is 10.3. The second kappa shape index (κ2) is 8.33. The van der Waals surface area contributed by atoms with Gasteiger partial charge in [0.2, 0.25) is 5.95 Å². The lowest BCUT2D eigenvalue weighted by atomic mass is 10.1. The lowest BCUT2D eigenvalue weighted by Gasteiger charge is -2.38. The molecule has 1 N–H and O–H groups in total. The van der Waals surface area contributed by atoms with Gasteiger partial charge >= 0.3 is 0 Å². The van der Waals surface area contributed by atoms with Crippen LogP contribution in [0.4, 0.5) is 5.95 Å². The molecule has 0 bridgehead atoms. The number of aryl methyl sites for hydroxylation is 2. The van der Waals surface area contributed by atoms with E-state index in [1.807, 2.05) is 32.0 Å². The summed E-state index contributed by atoms with van der Waals surface area (Å²) in [4.78, 5) is 16.1. The Balaban J connectivity index is 1.33. The molecule has 1 aromatic carbocycles. The third kappa shape index (κ3) is 4.46. The van der Waals surface area contributed by atoms with Gasteiger partial charge in [-0.3, -0.25) is 9.80 Å². The fourth-order valence-corrected chi connectivity index (χ4v) is 4.37. The Kier molecular flexibility index (Phi) is 5.83. The number of piperazine rings is 1. The number of β-amino-alcohol motifs (C(OH)–C–C–N with tert-alkyl or cyclic N) is 1. The molecule has 0 saturated carbocycles. The molecule has 0 aliphatic carbocycles. The van der Waals surface area contributed by atoms with Gasteiger partial charge in [-0.15, -0.1) is 0 Å². The second-order valence-corrected chi connectivity index (χ2v) is 8.37. The number of hydrogen-bond donors (Lipinski definition) is 1. The number of hydrogen-bond acceptors (Lipinski definition) is 6. The summed E-state index contributed by atoms with van der Waals surface area (Å²) in [7, 11) is 0. The predicted molar refractivity (Wildman–Crippen MR) is 112 cm³/mol. The van der Waals surface area contributed by atoms with E-state index in [0.29, 0.717) is 6.54 Å². The Morgan fingerprint density at radius 2 is 1.64 bits per heavy atom. The molecular weight excluding hydrogens is 374 g/mol. The normalized spacial score (nSPS) is 24.1. The number of benzene rings is 1. The minimum atomic E-state index is -0.368. The Morgan fingerprint density at radius 1 is 1.00 bits per heavy atom. The van der Waals surface area contributed by atoms with Crippen molar-refractivity contribution in [1.82, 2.24) is 19.8 Å². The summed E-state index contributed by atoms with van der Waals surface area (Å²) in [5, 5.41) is 11.5. The van der Waals surface area contributed by atoms with Gasteiger partial charge in [0.1, 0.15) is 0 Å². The molecule has 4 rings (SSSR count). The van der Waals surface area contributed by atoms with Gasteiger partial charge in [0.15, 0.2) is 0 Å². The van der Waals surface area contributed by atoms with Crippen molar-refractivity contribution >= 4 is 17.5 Å². The van der Waals surface area contributed by atoms with Gasteiger partial charge in [-0.1, -0.05) is 23.7 Å². The number of aliphatic hydroxyl groups is 1. The molecule has 0 unspecified atom stereocenters. The number of aliphatic hydroxyl groups excluding tert-OH is 1. The van der Waals surface area contributed by atoms with Crippen molar-refractivity contribution < 1.29 is 5.11 Å². The van der Waals surface area contributed by atoms with Crippen molar-refractivity contribution in [3.05, 3.63) is 52.3 Å². The van der Waals surface area contributed by atoms with Crippen molar-refractivity contribution in [2.24, 2.45) is 0 Å². The molecule has 2 aliphatic rings. The molecule has 1 aromatic heterocycles. The van der Waals surface area contributed by atoms with E-state index in [2.05, 4.69) is 36.8 Å². The van der Waals surface area contributed by atoms with Gasteiger partial charge < -0.3 is 10.0 Å². The van der Waals surface area contributed by atoms with Gasteiger partial charge in [-0.05, 0) is 37.6 Å². The van der Waals surface area contributed by atoms with Gasteiger partial charge in [-0.2, -0.15) is 0 Å². The maximum absolute atomic E-state index is 10.7. The Labute approximate surface area is 171 Å². The zero-order chi connectivity index (χ0) is 19.7. The summed E-state index contributed by atoms with van der Waals surface area (Å²) in [6, 6.07) is 10.2. The minimum absolute atomic E-state index is 0.141. The maximum Gasteiger partial charge on any atom is 0.225 e. The Bertz CT molecular complexity index is 787. The second-order valence-electron chi connectivity index (χ2n) is 7.93. The molecule has 7 heteroatoms. The number of halogens is 1. The van der Waals surface area contributed by atoms with Gasteiger partial charge in [0, 0.05) is 62.2 Å². The molecule has 28 heavy (non-hydrogen) atoms. The first-order chi connectivity index (χ1) is 13.5. The maximum atomic E-state index is 10.7. The molecule has 2 fully saturated rings. The van der Waals surface area contributed by atoms with Crippen molar-refractivity contribution in [3.8, 4) is 0 Å². The van der Waals surface area contributed by atoms with E-state index < -0.39 is 0 Å². The largest absolute Gasteiger partial charge is 0.390 e. The number of nitrogens with zero attached hydrogens (tertiary/aromatic N) is 5. The summed E-state index contributed by atoms with van der Waals surface area (Å²) in [6.07, 6.45) is -0.368. The Hall–Kier alpha value is -1.73. The summed E-state index contributed by atoms with van der Waals surface area (Å²) in [5.41, 5.74) is 3.23. The molecule has 3 heterocycles. The highest BCUT2D eigenvalue weighted by molar-refractivity contribution is 6.30. The summed E-state index contributed by atoms with van der Waals surface area (Å²) in [5.74, 6) is 0.737. The van der Waals surface area contributed by atoms with Crippen LogP contribution >= 0.6 is 11.6 Å². The van der Waals surface area contributed by atoms with Gasteiger partial charge in [0.05, 0.1) is 12.1 Å². The molecule has 2 saturated heterocycles. The zero-order valence-corrected chi connectivity index (χ0v) is 17.3. The number of aromatic nitrogens is 2. The first-order valence-electron chi connectivity index (χ1n) is 9.94. The highest BCUT2D eigenvalue weighted by atomic mass is 35.5. The molecular formula is C21H28ClN5O. The van der Waals surface area contributed by atoms with E-state index in [9.17, 15) is 5.11 Å². The van der Waals surface area contributed by atoms with Crippen LogP contribution in [-0.4, -0.2) is 76.3 Å². The van der Waals surface area contributed by atoms with E-state index in [-0.39, 0.29) is 12.1 Å². The average Bonchev–Trinajstić information content (AvgIpc) is 3.05. The summed E-state index contributed by atoms with van der Waals surface area (Å²) < 4.78 is 0. The van der Waals surface area contributed by atoms with E-state index in [1.54, 1.807) is 0 Å². The predicted octanol–water partition coefficient (Wildman–Crippen LogP) is 2.11. The average molecular weight is 402 g/mol. The lowest BCUT2D eigenvalue weighted by Crippen LogP contribution is -2.53. The fraction of sp³-hybridized carbons (Fsp3) is 0.524. The molecule has 150 valence electrons. The van der Waals surface area contributed by atoms with Crippen LogP contribution in [0.3, 0.4) is 0 Å². The van der Waals surface area contributed by atoms with Crippen molar-refractivity contribution in [2.45, 2.75) is 32.5 Å². The van der Waals surface area contributed by atoms with Crippen molar-refractivity contribution in [1.29, 1.82) is 0 Å². The molecule has 2 aromatic rings. The quantitative estimate of drug-likeness (QED) is 0.846. The number of anilines is 1. The van der Waals surface area contributed by atoms with E-state index in [4.69, 9.17) is 11.6 Å². The highest BCUT2D eigenvalue weighted by Crippen LogP contribution is 2.23. The number of rotatable bonds is 4. The highest BCUT2D eigenvalue weighted by Gasteiger charge is 2.37. The molecule has 6 nitrogen and oxygen atoms in total. The van der Waals surface area contributed by atoms with Crippen molar-refractivity contribution in [3.63, 3.8) is 0 Å². The Morgan fingerprint density at radius 3 is 2.29 bits per heavy atom. The van der Waals surface area contributed by atoms with Crippen molar-refractivity contribution in [2.75, 3.05) is 44.2 Å². The zero-order valence-electron chi connectivity index (χ0n) is 16.6. The van der Waals surface area contributed by atoms with E-state index in [0.717, 1.165) is 61.6 Å². The minimum Gasteiger partial charge on any atom is -0.390 e. The van der Waals surface area contributed by atoms with Crippen LogP contribution in [0, 0.1) is 13.8 Å². The van der Waals surface area contributed by atoms with Crippen LogP contribution < -0.4 is 4.90 Å². The first kappa shape index (κ1) is 19.6. The van der Waals surface area contributed by atoms with E-state index >= 15 is 0 Å². The molecule has 0 radical (unpaired) electrons. The standard InChI is InChI=1S/C21H28ClN5O/c1-15-11-16(2)24-21(23-15)27-13-19(20(28)14-27)26-9-7-25(8-10-26)12-17-3-5-18(22)6-4-17/h3-6,11,19-20,28H,7-10,12-14H2,1-2H3/t19-,20-/m1/s1. The topological polar surface area (TPSA) is 55.7 Å². The third-order valence-corrected chi connectivity index (χ3v) is 5.96. The van der Waals surface area contributed by atoms with Crippen LogP contribution in [0.5, 0.6) is 0 Å². The smallest absolute Gasteiger partial charge is 0.225 e. The van der Waals surface area contributed by atoms with Crippen LogP contribution in [-0.2, 0) is 6.54 Å². The summed E-state index contributed by atoms with van der Waals surface area (Å²) in [6.45, 7) is 10.2.